The van der Waals surface area contributed by atoms with Crippen LogP contribution < -0.4 is 0 Å². The summed E-state index contributed by atoms with van der Waals surface area (Å²) in [4.78, 5) is 14.9. The number of aliphatic hydroxyl groups is 1. The molecule has 0 aliphatic carbocycles. The Morgan fingerprint density at radius 2 is 1.91 bits per heavy atom. The lowest BCUT2D eigenvalue weighted by Crippen LogP contribution is -2.07. The summed E-state index contributed by atoms with van der Waals surface area (Å²) in [7, 11) is 0. The van der Waals surface area contributed by atoms with Gasteiger partial charge in [0.1, 0.15) is 17.6 Å². The molecular formula is C26H23N3O4. The first-order chi connectivity index (χ1) is 16.0. The number of carboxylic acid groups (broad SMARTS) is 1. The molecule has 166 valence electrons. The Labute approximate surface area is 191 Å². The number of hydrogen-bond donors (Lipinski definition) is 2. The highest BCUT2D eigenvalue weighted by atomic mass is 16.5. The van der Waals surface area contributed by atoms with Gasteiger partial charge in [0.05, 0.1) is 6.54 Å². The van der Waals surface area contributed by atoms with Crippen LogP contribution in [0.25, 0.3) is 11.3 Å². The van der Waals surface area contributed by atoms with Gasteiger partial charge in [-0.2, -0.15) is 0 Å². The number of carbonyl (C=O) groups is 1. The summed E-state index contributed by atoms with van der Waals surface area (Å²) in [6, 6.07) is 17.2. The number of carboxylic acids is 1. The van der Waals surface area contributed by atoms with Crippen LogP contribution in [-0.4, -0.2) is 30.9 Å². The van der Waals surface area contributed by atoms with Crippen molar-refractivity contribution in [2.75, 3.05) is 0 Å². The van der Waals surface area contributed by atoms with Gasteiger partial charge in [-0.15, -0.1) is 0 Å². The van der Waals surface area contributed by atoms with Crippen molar-refractivity contribution in [3.8, 4) is 23.2 Å². The van der Waals surface area contributed by atoms with Crippen LogP contribution in [0.2, 0.25) is 0 Å². The summed E-state index contributed by atoms with van der Waals surface area (Å²) in [5, 5.41) is 22.8. The van der Waals surface area contributed by atoms with Crippen molar-refractivity contribution in [3.05, 3.63) is 95.2 Å². The maximum Gasteiger partial charge on any atom is 0.303 e. The van der Waals surface area contributed by atoms with E-state index in [-0.39, 0.29) is 6.42 Å². The van der Waals surface area contributed by atoms with E-state index in [2.05, 4.69) is 22.0 Å². The van der Waals surface area contributed by atoms with Gasteiger partial charge in [0.25, 0.3) is 0 Å². The zero-order chi connectivity index (χ0) is 23.2. The molecule has 0 saturated heterocycles. The van der Waals surface area contributed by atoms with Gasteiger partial charge in [0, 0.05) is 41.6 Å². The van der Waals surface area contributed by atoms with Crippen LogP contribution >= 0.6 is 0 Å². The van der Waals surface area contributed by atoms with Crippen LogP contribution in [0, 0.1) is 11.8 Å². The van der Waals surface area contributed by atoms with Crippen molar-refractivity contribution >= 4 is 5.97 Å². The van der Waals surface area contributed by atoms with Crippen molar-refractivity contribution in [1.82, 2.24) is 14.7 Å². The molecule has 2 aromatic heterocycles. The smallest absolute Gasteiger partial charge is 0.303 e. The maximum absolute atomic E-state index is 10.8. The van der Waals surface area contributed by atoms with Crippen molar-refractivity contribution in [1.29, 1.82) is 0 Å². The molecule has 4 aromatic rings. The lowest BCUT2D eigenvalue weighted by molar-refractivity contribution is -0.136. The van der Waals surface area contributed by atoms with E-state index in [0.29, 0.717) is 24.6 Å². The summed E-state index contributed by atoms with van der Waals surface area (Å²) in [6.45, 7) is 2.13. The predicted molar refractivity (Wildman–Crippen MR) is 122 cm³/mol. The van der Waals surface area contributed by atoms with Gasteiger partial charge >= 0.3 is 5.97 Å². The molecule has 0 radical (unpaired) electrons. The molecule has 33 heavy (non-hydrogen) atoms. The largest absolute Gasteiger partial charge is 0.481 e. The van der Waals surface area contributed by atoms with Crippen LogP contribution in [-0.2, 0) is 17.8 Å². The Balaban J connectivity index is 1.43. The molecule has 1 unspecified atom stereocenters. The topological polar surface area (TPSA) is 101 Å². The predicted octanol–water partition coefficient (Wildman–Crippen LogP) is 4.06. The number of rotatable bonds is 7. The quantitative estimate of drug-likeness (QED) is 0.420. The number of aryl methyl sites for hydroxylation is 1. The van der Waals surface area contributed by atoms with Crippen molar-refractivity contribution in [2.45, 2.75) is 32.4 Å². The van der Waals surface area contributed by atoms with E-state index in [4.69, 9.17) is 9.63 Å². The zero-order valence-electron chi connectivity index (χ0n) is 18.1. The Morgan fingerprint density at radius 1 is 1.12 bits per heavy atom. The van der Waals surface area contributed by atoms with E-state index in [9.17, 15) is 9.90 Å². The lowest BCUT2D eigenvalue weighted by atomic mass is 10.1. The van der Waals surface area contributed by atoms with E-state index < -0.39 is 12.1 Å². The molecule has 1 atom stereocenters. The van der Waals surface area contributed by atoms with Crippen molar-refractivity contribution in [3.63, 3.8) is 0 Å². The number of aromatic nitrogens is 3. The molecule has 7 nitrogen and oxygen atoms in total. The number of hydrogen-bond acceptors (Lipinski definition) is 5. The maximum atomic E-state index is 10.8. The molecule has 0 bridgehead atoms. The minimum absolute atomic E-state index is 0.103. The highest BCUT2D eigenvalue weighted by Crippen LogP contribution is 2.22. The summed E-state index contributed by atoms with van der Waals surface area (Å²) >= 11 is 0. The van der Waals surface area contributed by atoms with E-state index in [1.54, 1.807) is 19.3 Å². The molecule has 2 aromatic carbocycles. The number of nitrogens with zero attached hydrogens (tertiary/aromatic N) is 3. The second kappa shape index (κ2) is 9.98. The fourth-order valence-corrected chi connectivity index (χ4v) is 3.44. The summed E-state index contributed by atoms with van der Waals surface area (Å²) in [5.41, 5.74) is 4.28. The van der Waals surface area contributed by atoms with Crippen LogP contribution in [0.1, 0.15) is 47.7 Å². The van der Waals surface area contributed by atoms with Crippen LogP contribution in [0.3, 0.4) is 0 Å². The van der Waals surface area contributed by atoms with E-state index in [0.717, 1.165) is 27.9 Å². The summed E-state index contributed by atoms with van der Waals surface area (Å²) in [6.07, 6.45) is 3.37. The molecule has 0 fully saturated rings. The fraction of sp³-hybridized carbons (Fsp3) is 0.192. The highest BCUT2D eigenvalue weighted by molar-refractivity contribution is 5.67. The molecule has 4 rings (SSSR count). The number of aliphatic hydroxyl groups excluding tert-OH is 1. The monoisotopic (exact) mass is 441 g/mol. The van der Waals surface area contributed by atoms with Gasteiger partial charge in [0.15, 0.2) is 5.76 Å². The standard InChI is InChI=1S/C26H23N3O4/c1-18(30)26-27-13-14-29(26)17-23-16-24(33-28-23)22-10-7-19(8-11-22)5-6-20-3-2-4-21(15-20)9-12-25(31)32/h2-4,7-8,10-11,13-16,18,30H,9,12,17H2,1H3,(H,31,32). The number of benzene rings is 2. The van der Waals surface area contributed by atoms with Crippen molar-refractivity contribution < 1.29 is 19.5 Å². The Hall–Kier alpha value is -4.15. The number of aliphatic carboxylic acids is 1. The van der Waals surface area contributed by atoms with Crippen LogP contribution in [0.4, 0.5) is 0 Å². The molecule has 7 heteroatoms. The third-order valence-corrected chi connectivity index (χ3v) is 5.09. The molecule has 2 heterocycles. The number of imidazole rings is 1. The molecule has 0 aliphatic heterocycles. The molecule has 0 amide bonds. The van der Waals surface area contributed by atoms with E-state index >= 15 is 0 Å². The zero-order valence-corrected chi connectivity index (χ0v) is 18.1. The molecule has 2 N–H and O–H groups in total. The first-order valence-electron chi connectivity index (χ1n) is 10.6. The molecule has 0 spiro atoms. The Bertz CT molecular complexity index is 1310. The van der Waals surface area contributed by atoms with Gasteiger partial charge in [-0.25, -0.2) is 4.98 Å². The van der Waals surface area contributed by atoms with Gasteiger partial charge in [-0.1, -0.05) is 29.1 Å². The second-order valence-corrected chi connectivity index (χ2v) is 7.69. The first-order valence-corrected chi connectivity index (χ1v) is 10.6. The van der Waals surface area contributed by atoms with E-state index in [1.165, 1.54) is 0 Å². The average Bonchev–Trinajstić information content (AvgIpc) is 3.47. The van der Waals surface area contributed by atoms with Gasteiger partial charge in [-0.05, 0) is 55.3 Å². The molecule has 0 saturated carbocycles. The van der Waals surface area contributed by atoms with Gasteiger partial charge in [-0.3, -0.25) is 4.79 Å². The van der Waals surface area contributed by atoms with Crippen LogP contribution in [0.5, 0.6) is 0 Å². The van der Waals surface area contributed by atoms with Gasteiger partial charge < -0.3 is 19.3 Å². The fourth-order valence-electron chi connectivity index (χ4n) is 3.44. The average molecular weight is 441 g/mol. The molecule has 0 aliphatic rings. The van der Waals surface area contributed by atoms with Crippen molar-refractivity contribution in [2.24, 2.45) is 0 Å². The van der Waals surface area contributed by atoms with Crippen LogP contribution in [0.15, 0.2) is 71.5 Å². The SMILES string of the molecule is CC(O)c1nccn1Cc1cc(-c2ccc(C#Cc3cccc(CCC(=O)O)c3)cc2)on1. The summed E-state index contributed by atoms with van der Waals surface area (Å²) < 4.78 is 7.33. The van der Waals surface area contributed by atoms with E-state index in [1.807, 2.05) is 59.2 Å². The third-order valence-electron chi connectivity index (χ3n) is 5.09. The first kappa shape index (κ1) is 22.1. The minimum Gasteiger partial charge on any atom is -0.481 e. The van der Waals surface area contributed by atoms with Gasteiger partial charge in [0.2, 0.25) is 0 Å². The Morgan fingerprint density at radius 3 is 2.67 bits per heavy atom. The highest BCUT2D eigenvalue weighted by Gasteiger charge is 2.12. The third kappa shape index (κ3) is 5.76. The second-order valence-electron chi connectivity index (χ2n) is 7.69. The molecular weight excluding hydrogens is 418 g/mol. The Kier molecular flexibility index (Phi) is 6.67. The normalized spacial score (nSPS) is 11.6. The summed E-state index contributed by atoms with van der Waals surface area (Å²) in [5.74, 6) is 6.68. The lowest BCUT2D eigenvalue weighted by Gasteiger charge is -2.07. The minimum atomic E-state index is -0.809.